The molecule has 0 bridgehead atoms. The number of hydrogen-bond donors (Lipinski definition) is 2. The van der Waals surface area contributed by atoms with E-state index in [0.717, 1.165) is 22.2 Å². The monoisotopic (exact) mass is 354 g/mol. The second-order valence-corrected chi connectivity index (χ2v) is 5.81. The van der Waals surface area contributed by atoms with Crippen LogP contribution in [0.1, 0.15) is 15.9 Å². The number of ether oxygens (including phenoxy) is 3. The summed E-state index contributed by atoms with van der Waals surface area (Å²) in [4.78, 5) is 15.6. The van der Waals surface area contributed by atoms with Crippen molar-refractivity contribution in [2.75, 3.05) is 27.9 Å². The first-order chi connectivity index (χ1) is 12.7. The van der Waals surface area contributed by atoms with Crippen molar-refractivity contribution in [2.24, 2.45) is 0 Å². The molecule has 0 saturated carbocycles. The second kappa shape index (κ2) is 7.82. The van der Waals surface area contributed by atoms with Crippen molar-refractivity contribution < 1.29 is 19.0 Å². The number of nitrogens with one attached hydrogen (secondary N) is 2. The molecule has 0 atom stereocenters. The summed E-state index contributed by atoms with van der Waals surface area (Å²) < 4.78 is 15.8. The SMILES string of the molecule is COc1ccc2[nH]cc(C(=O)NCCc3ccc(OC)c(OC)c3)c2c1. The highest BCUT2D eigenvalue weighted by Crippen LogP contribution is 2.27. The lowest BCUT2D eigenvalue weighted by molar-refractivity contribution is 0.0956. The zero-order chi connectivity index (χ0) is 18.5. The van der Waals surface area contributed by atoms with Crippen LogP contribution in [0, 0.1) is 0 Å². The molecule has 0 fully saturated rings. The van der Waals surface area contributed by atoms with Gasteiger partial charge in [-0.05, 0) is 42.3 Å². The molecule has 1 heterocycles. The number of aromatic amines is 1. The van der Waals surface area contributed by atoms with Crippen LogP contribution < -0.4 is 19.5 Å². The smallest absolute Gasteiger partial charge is 0.253 e. The van der Waals surface area contributed by atoms with Gasteiger partial charge in [0.25, 0.3) is 5.91 Å². The van der Waals surface area contributed by atoms with Gasteiger partial charge in [-0.2, -0.15) is 0 Å². The summed E-state index contributed by atoms with van der Waals surface area (Å²) in [5.41, 5.74) is 2.56. The summed E-state index contributed by atoms with van der Waals surface area (Å²) >= 11 is 0. The van der Waals surface area contributed by atoms with Crippen molar-refractivity contribution in [3.05, 3.63) is 53.7 Å². The quantitative estimate of drug-likeness (QED) is 0.684. The van der Waals surface area contributed by atoms with Crippen LogP contribution in [0.3, 0.4) is 0 Å². The molecule has 6 nitrogen and oxygen atoms in total. The molecule has 3 aromatic rings. The number of aromatic nitrogens is 1. The molecule has 2 N–H and O–H groups in total. The van der Waals surface area contributed by atoms with Crippen molar-refractivity contribution in [1.29, 1.82) is 0 Å². The molecule has 0 spiro atoms. The lowest BCUT2D eigenvalue weighted by atomic mass is 10.1. The maximum Gasteiger partial charge on any atom is 0.253 e. The van der Waals surface area contributed by atoms with Crippen molar-refractivity contribution in [3.63, 3.8) is 0 Å². The molecule has 1 aromatic heterocycles. The van der Waals surface area contributed by atoms with E-state index in [1.807, 2.05) is 36.4 Å². The first kappa shape index (κ1) is 17.7. The van der Waals surface area contributed by atoms with Gasteiger partial charge < -0.3 is 24.5 Å². The Bertz CT molecular complexity index is 917. The fourth-order valence-electron chi connectivity index (χ4n) is 2.87. The standard InChI is InChI=1S/C20H22N2O4/c1-24-14-5-6-17-15(11-14)16(12-22-17)20(23)21-9-8-13-4-7-18(25-2)19(10-13)26-3/h4-7,10-12,22H,8-9H2,1-3H3,(H,21,23). The van der Waals surface area contributed by atoms with Gasteiger partial charge in [0.15, 0.2) is 11.5 Å². The number of rotatable bonds is 7. The highest BCUT2D eigenvalue weighted by Gasteiger charge is 2.12. The minimum absolute atomic E-state index is 0.120. The molecule has 0 unspecified atom stereocenters. The van der Waals surface area contributed by atoms with Crippen LogP contribution in [0.25, 0.3) is 10.9 Å². The zero-order valence-electron chi connectivity index (χ0n) is 15.1. The molecule has 0 aliphatic rings. The third-order valence-electron chi connectivity index (χ3n) is 4.28. The summed E-state index contributed by atoms with van der Waals surface area (Å²) in [6.07, 6.45) is 2.41. The highest BCUT2D eigenvalue weighted by atomic mass is 16.5. The van der Waals surface area contributed by atoms with Gasteiger partial charge in [-0.3, -0.25) is 4.79 Å². The molecule has 1 amide bonds. The van der Waals surface area contributed by atoms with Crippen LogP contribution in [0.5, 0.6) is 17.2 Å². The van der Waals surface area contributed by atoms with E-state index >= 15 is 0 Å². The molecular formula is C20H22N2O4. The van der Waals surface area contributed by atoms with Crippen LogP contribution in [0.2, 0.25) is 0 Å². The molecule has 6 heteroatoms. The van der Waals surface area contributed by atoms with E-state index in [1.54, 1.807) is 27.5 Å². The topological polar surface area (TPSA) is 72.6 Å². The Kier molecular flexibility index (Phi) is 5.31. The highest BCUT2D eigenvalue weighted by molar-refractivity contribution is 6.07. The van der Waals surface area contributed by atoms with E-state index in [-0.39, 0.29) is 5.91 Å². The Morgan fingerprint density at radius 2 is 1.81 bits per heavy atom. The number of carbonyl (C=O) groups is 1. The van der Waals surface area contributed by atoms with E-state index in [4.69, 9.17) is 14.2 Å². The maximum absolute atomic E-state index is 12.5. The first-order valence-corrected chi connectivity index (χ1v) is 8.30. The van der Waals surface area contributed by atoms with E-state index in [2.05, 4.69) is 10.3 Å². The van der Waals surface area contributed by atoms with Gasteiger partial charge in [0.2, 0.25) is 0 Å². The normalized spacial score (nSPS) is 10.6. The molecule has 0 aliphatic carbocycles. The van der Waals surface area contributed by atoms with Gasteiger partial charge in [0.05, 0.1) is 26.9 Å². The third kappa shape index (κ3) is 3.59. The van der Waals surface area contributed by atoms with Gasteiger partial charge in [-0.15, -0.1) is 0 Å². The predicted octanol–water partition coefficient (Wildman–Crippen LogP) is 3.17. The number of amides is 1. The second-order valence-electron chi connectivity index (χ2n) is 5.81. The predicted molar refractivity (Wildman–Crippen MR) is 100 cm³/mol. The third-order valence-corrected chi connectivity index (χ3v) is 4.28. The summed E-state index contributed by atoms with van der Waals surface area (Å²) in [5.74, 6) is 1.97. The fourth-order valence-corrected chi connectivity index (χ4v) is 2.87. The van der Waals surface area contributed by atoms with Gasteiger partial charge in [0.1, 0.15) is 5.75 Å². The lowest BCUT2D eigenvalue weighted by Crippen LogP contribution is -2.25. The Morgan fingerprint density at radius 1 is 1.00 bits per heavy atom. The van der Waals surface area contributed by atoms with Crippen molar-refractivity contribution in [1.82, 2.24) is 10.3 Å². The summed E-state index contributed by atoms with van der Waals surface area (Å²) in [7, 11) is 4.82. The average molecular weight is 354 g/mol. The van der Waals surface area contributed by atoms with Crippen LogP contribution >= 0.6 is 0 Å². The largest absolute Gasteiger partial charge is 0.497 e. The van der Waals surface area contributed by atoms with Crippen molar-refractivity contribution in [2.45, 2.75) is 6.42 Å². The summed E-state index contributed by atoms with van der Waals surface area (Å²) in [6, 6.07) is 11.4. The Hall–Kier alpha value is -3.15. The number of methoxy groups -OCH3 is 3. The van der Waals surface area contributed by atoms with Gasteiger partial charge in [0, 0.05) is 23.6 Å². The van der Waals surface area contributed by atoms with Crippen LogP contribution in [0.15, 0.2) is 42.6 Å². The minimum Gasteiger partial charge on any atom is -0.497 e. The molecule has 136 valence electrons. The summed E-state index contributed by atoms with van der Waals surface area (Å²) in [6.45, 7) is 0.519. The first-order valence-electron chi connectivity index (χ1n) is 8.30. The zero-order valence-corrected chi connectivity index (χ0v) is 15.1. The van der Waals surface area contributed by atoms with E-state index in [0.29, 0.717) is 30.0 Å². The molecule has 0 saturated heterocycles. The molecule has 2 aromatic carbocycles. The molecule has 0 aliphatic heterocycles. The number of H-pyrrole nitrogens is 1. The molecular weight excluding hydrogens is 332 g/mol. The van der Waals surface area contributed by atoms with Crippen LogP contribution in [-0.2, 0) is 6.42 Å². The van der Waals surface area contributed by atoms with Gasteiger partial charge in [-0.25, -0.2) is 0 Å². The summed E-state index contributed by atoms with van der Waals surface area (Å²) in [5, 5.41) is 3.80. The van der Waals surface area contributed by atoms with Crippen LogP contribution in [-0.4, -0.2) is 38.8 Å². The average Bonchev–Trinajstić information content (AvgIpc) is 3.10. The number of fused-ring (bicyclic) bond motifs is 1. The number of carbonyl (C=O) groups excluding carboxylic acids is 1. The molecule has 0 radical (unpaired) electrons. The van der Waals surface area contributed by atoms with E-state index in [1.165, 1.54) is 0 Å². The minimum atomic E-state index is -0.120. The van der Waals surface area contributed by atoms with E-state index in [9.17, 15) is 4.79 Å². The molecule has 26 heavy (non-hydrogen) atoms. The maximum atomic E-state index is 12.5. The van der Waals surface area contributed by atoms with Crippen LogP contribution in [0.4, 0.5) is 0 Å². The number of benzene rings is 2. The Balaban J connectivity index is 1.66. The van der Waals surface area contributed by atoms with E-state index < -0.39 is 0 Å². The molecule has 3 rings (SSSR count). The van der Waals surface area contributed by atoms with Crippen molar-refractivity contribution in [3.8, 4) is 17.2 Å². The van der Waals surface area contributed by atoms with Gasteiger partial charge >= 0.3 is 0 Å². The fraction of sp³-hybridized carbons (Fsp3) is 0.250. The lowest BCUT2D eigenvalue weighted by Gasteiger charge is -2.10. The van der Waals surface area contributed by atoms with Crippen molar-refractivity contribution >= 4 is 16.8 Å². The van der Waals surface area contributed by atoms with Gasteiger partial charge in [-0.1, -0.05) is 6.07 Å². The Labute approximate surface area is 152 Å². The number of hydrogen-bond acceptors (Lipinski definition) is 4. The Morgan fingerprint density at radius 3 is 2.54 bits per heavy atom.